The molecule has 0 saturated carbocycles. The maximum atomic E-state index is 12.4. The van der Waals surface area contributed by atoms with Gasteiger partial charge >= 0.3 is 6.18 Å². The maximum absolute atomic E-state index is 12.4. The van der Waals surface area contributed by atoms with E-state index in [1.165, 1.54) is 17.8 Å². The Morgan fingerprint density at radius 3 is 2.50 bits per heavy atom. The number of rotatable bonds is 7. The van der Waals surface area contributed by atoms with Crippen LogP contribution in [-0.2, 0) is 10.5 Å². The van der Waals surface area contributed by atoms with Gasteiger partial charge in [0, 0.05) is 12.3 Å². The molecular formula is C15H15F3N2OS. The Bertz CT molecular complexity index is 549. The quantitative estimate of drug-likeness (QED) is 0.721. The number of hydrogen-bond donors (Lipinski definition) is 0. The fourth-order valence-electron chi connectivity index (χ4n) is 1.65. The summed E-state index contributed by atoms with van der Waals surface area (Å²) in [5.41, 5.74) is 1.44. The summed E-state index contributed by atoms with van der Waals surface area (Å²) in [6, 6.07) is 8.83. The van der Waals surface area contributed by atoms with Crippen molar-refractivity contribution in [2.75, 3.05) is 18.8 Å². The molecule has 22 heavy (non-hydrogen) atoms. The van der Waals surface area contributed by atoms with E-state index in [-0.39, 0.29) is 12.3 Å². The first-order valence-corrected chi connectivity index (χ1v) is 7.53. The van der Waals surface area contributed by atoms with Crippen molar-refractivity contribution < 1.29 is 18.0 Å². The van der Waals surface area contributed by atoms with E-state index >= 15 is 0 Å². The Balaban J connectivity index is 2.48. The maximum Gasteiger partial charge on any atom is 0.406 e. The zero-order chi connectivity index (χ0) is 16.6. The van der Waals surface area contributed by atoms with E-state index in [0.29, 0.717) is 11.3 Å². The third kappa shape index (κ3) is 6.68. The summed E-state index contributed by atoms with van der Waals surface area (Å²) < 4.78 is 37.2. The van der Waals surface area contributed by atoms with Gasteiger partial charge in [0.15, 0.2) is 0 Å². The minimum Gasteiger partial charge on any atom is -0.329 e. The Hall–Kier alpha value is -1.94. The van der Waals surface area contributed by atoms with Crippen LogP contribution in [0, 0.1) is 11.3 Å². The van der Waals surface area contributed by atoms with Crippen molar-refractivity contribution >= 4 is 17.7 Å². The zero-order valence-corrected chi connectivity index (χ0v) is 12.6. The van der Waals surface area contributed by atoms with Crippen molar-refractivity contribution in [3.05, 3.63) is 48.0 Å². The molecule has 0 heterocycles. The molecule has 1 amide bonds. The number of nitriles is 1. The second-order valence-corrected chi connectivity index (χ2v) is 5.47. The monoisotopic (exact) mass is 328 g/mol. The lowest BCUT2D eigenvalue weighted by Crippen LogP contribution is -2.40. The van der Waals surface area contributed by atoms with Gasteiger partial charge in [0.2, 0.25) is 5.91 Å². The summed E-state index contributed by atoms with van der Waals surface area (Å²) in [7, 11) is 0. The van der Waals surface area contributed by atoms with Crippen LogP contribution in [0.3, 0.4) is 0 Å². The first kappa shape index (κ1) is 18.1. The largest absolute Gasteiger partial charge is 0.406 e. The Morgan fingerprint density at radius 1 is 1.36 bits per heavy atom. The average Bonchev–Trinajstić information content (AvgIpc) is 2.46. The predicted octanol–water partition coefficient (Wildman–Crippen LogP) is 3.37. The van der Waals surface area contributed by atoms with Crippen LogP contribution < -0.4 is 0 Å². The summed E-state index contributed by atoms with van der Waals surface area (Å²) in [6.45, 7) is 1.96. The molecule has 0 unspecified atom stereocenters. The van der Waals surface area contributed by atoms with Gasteiger partial charge in [-0.3, -0.25) is 4.79 Å². The standard InChI is InChI=1S/C15H15F3N2OS/c1-2-7-20(11-15(16,17)18)14(21)10-22-9-13-5-3-12(8-19)4-6-13/h2-6H,1,7,9-11H2. The van der Waals surface area contributed by atoms with Gasteiger partial charge in [0.1, 0.15) is 6.54 Å². The smallest absolute Gasteiger partial charge is 0.329 e. The van der Waals surface area contributed by atoms with E-state index < -0.39 is 18.6 Å². The molecule has 0 aromatic heterocycles. The van der Waals surface area contributed by atoms with Gasteiger partial charge in [0.05, 0.1) is 17.4 Å². The molecule has 1 aromatic rings. The SMILES string of the molecule is C=CCN(CC(F)(F)F)C(=O)CSCc1ccc(C#N)cc1. The highest BCUT2D eigenvalue weighted by Gasteiger charge is 2.32. The highest BCUT2D eigenvalue weighted by molar-refractivity contribution is 7.99. The summed E-state index contributed by atoms with van der Waals surface area (Å²) in [6.07, 6.45) is -3.15. The molecule has 118 valence electrons. The molecule has 0 bridgehead atoms. The molecule has 0 aliphatic heterocycles. The number of thioether (sulfide) groups is 1. The van der Waals surface area contributed by atoms with Crippen molar-refractivity contribution in [3.63, 3.8) is 0 Å². The molecule has 0 spiro atoms. The molecule has 0 aliphatic rings. The topological polar surface area (TPSA) is 44.1 Å². The molecule has 1 aromatic carbocycles. The van der Waals surface area contributed by atoms with Gasteiger partial charge in [-0.05, 0) is 17.7 Å². The van der Waals surface area contributed by atoms with E-state index in [1.807, 2.05) is 6.07 Å². The third-order valence-corrected chi connectivity index (χ3v) is 3.64. The second kappa shape index (κ2) is 8.49. The Labute approximate surface area is 131 Å². The molecule has 3 nitrogen and oxygen atoms in total. The highest BCUT2D eigenvalue weighted by atomic mass is 32.2. The number of alkyl halides is 3. The molecule has 0 saturated heterocycles. The van der Waals surface area contributed by atoms with Gasteiger partial charge in [-0.15, -0.1) is 18.3 Å². The van der Waals surface area contributed by atoms with Crippen LogP contribution in [0.4, 0.5) is 13.2 Å². The number of nitrogens with zero attached hydrogens (tertiary/aromatic N) is 2. The van der Waals surface area contributed by atoms with Crippen molar-refractivity contribution in [1.29, 1.82) is 5.26 Å². The van der Waals surface area contributed by atoms with Crippen LogP contribution in [0.2, 0.25) is 0 Å². The van der Waals surface area contributed by atoms with E-state index in [2.05, 4.69) is 6.58 Å². The van der Waals surface area contributed by atoms with Crippen molar-refractivity contribution in [2.24, 2.45) is 0 Å². The van der Waals surface area contributed by atoms with Gasteiger partial charge in [0.25, 0.3) is 0 Å². The number of carbonyl (C=O) groups is 1. The number of hydrogen-bond acceptors (Lipinski definition) is 3. The number of amides is 1. The second-order valence-electron chi connectivity index (χ2n) is 4.48. The lowest BCUT2D eigenvalue weighted by molar-refractivity contribution is -0.158. The van der Waals surface area contributed by atoms with E-state index in [4.69, 9.17) is 5.26 Å². The number of halogens is 3. The predicted molar refractivity (Wildman–Crippen MR) is 80.2 cm³/mol. The number of carbonyl (C=O) groups excluding carboxylic acids is 1. The van der Waals surface area contributed by atoms with Gasteiger partial charge in [-0.1, -0.05) is 18.2 Å². The summed E-state index contributed by atoms with van der Waals surface area (Å²) in [5.74, 6) is -0.120. The van der Waals surface area contributed by atoms with Crippen LogP contribution in [0.5, 0.6) is 0 Å². The minimum absolute atomic E-state index is 0.0378. The highest BCUT2D eigenvalue weighted by Crippen LogP contribution is 2.18. The van der Waals surface area contributed by atoms with E-state index in [9.17, 15) is 18.0 Å². The fraction of sp³-hybridized carbons (Fsp3) is 0.333. The van der Waals surface area contributed by atoms with Gasteiger partial charge < -0.3 is 4.90 Å². The van der Waals surface area contributed by atoms with Crippen LogP contribution in [-0.4, -0.2) is 35.8 Å². The Kier molecular flexibility index (Phi) is 6.99. The van der Waals surface area contributed by atoms with Crippen molar-refractivity contribution in [2.45, 2.75) is 11.9 Å². The normalized spacial score (nSPS) is 10.8. The fourth-order valence-corrected chi connectivity index (χ4v) is 2.54. The van der Waals surface area contributed by atoms with Crippen molar-refractivity contribution in [3.8, 4) is 6.07 Å². The zero-order valence-electron chi connectivity index (χ0n) is 11.8. The van der Waals surface area contributed by atoms with Gasteiger partial charge in [-0.2, -0.15) is 18.4 Å². The summed E-state index contributed by atoms with van der Waals surface area (Å²) in [5, 5.41) is 8.68. The minimum atomic E-state index is -4.42. The molecular weight excluding hydrogens is 313 g/mol. The van der Waals surface area contributed by atoms with Crippen LogP contribution in [0.1, 0.15) is 11.1 Å². The lowest BCUT2D eigenvalue weighted by atomic mass is 10.2. The Morgan fingerprint density at radius 2 is 2.00 bits per heavy atom. The van der Waals surface area contributed by atoms with Crippen LogP contribution >= 0.6 is 11.8 Å². The molecule has 7 heteroatoms. The summed E-state index contributed by atoms with van der Waals surface area (Å²) in [4.78, 5) is 12.6. The average molecular weight is 328 g/mol. The first-order chi connectivity index (χ1) is 10.4. The number of benzene rings is 1. The van der Waals surface area contributed by atoms with Crippen LogP contribution in [0.25, 0.3) is 0 Å². The third-order valence-electron chi connectivity index (χ3n) is 2.65. The molecule has 0 aliphatic carbocycles. The molecule has 0 radical (unpaired) electrons. The van der Waals surface area contributed by atoms with Crippen LogP contribution in [0.15, 0.2) is 36.9 Å². The molecule has 0 atom stereocenters. The summed E-state index contributed by atoms with van der Waals surface area (Å²) >= 11 is 1.23. The molecule has 0 N–H and O–H groups in total. The first-order valence-electron chi connectivity index (χ1n) is 6.38. The van der Waals surface area contributed by atoms with E-state index in [1.54, 1.807) is 24.3 Å². The molecule has 0 fully saturated rings. The molecule has 1 rings (SSSR count). The lowest BCUT2D eigenvalue weighted by Gasteiger charge is -2.22. The van der Waals surface area contributed by atoms with E-state index in [0.717, 1.165) is 10.5 Å². The van der Waals surface area contributed by atoms with Crippen molar-refractivity contribution in [1.82, 2.24) is 4.90 Å². The van der Waals surface area contributed by atoms with Gasteiger partial charge in [-0.25, -0.2) is 0 Å².